The molecule has 1 aromatic carbocycles. The van der Waals surface area contributed by atoms with Crippen molar-refractivity contribution in [1.29, 1.82) is 0 Å². The molecule has 0 saturated heterocycles. The number of anilines is 1. The van der Waals surface area contributed by atoms with Gasteiger partial charge in [-0.3, -0.25) is 0 Å². The molecule has 4 nitrogen and oxygen atoms in total. The van der Waals surface area contributed by atoms with Crippen LogP contribution in [0.3, 0.4) is 0 Å². The van der Waals surface area contributed by atoms with Crippen molar-refractivity contribution in [3.05, 3.63) is 45.7 Å². The highest BCUT2D eigenvalue weighted by Gasteiger charge is 2.18. The lowest BCUT2D eigenvalue weighted by atomic mass is 10.2. The summed E-state index contributed by atoms with van der Waals surface area (Å²) in [6, 6.07) is 9.49. The molecule has 0 bridgehead atoms. The summed E-state index contributed by atoms with van der Waals surface area (Å²) in [5.74, 6) is 0. The maximum atomic E-state index is 12.1. The second kappa shape index (κ2) is 6.26. The first kappa shape index (κ1) is 15.5. The van der Waals surface area contributed by atoms with Gasteiger partial charge in [0.05, 0.1) is 0 Å². The molecule has 0 aliphatic rings. The van der Waals surface area contributed by atoms with E-state index in [2.05, 4.69) is 20.7 Å². The molecule has 7 heteroatoms. The molecule has 0 spiro atoms. The van der Waals surface area contributed by atoms with E-state index in [0.717, 1.165) is 11.3 Å². The lowest BCUT2D eigenvalue weighted by molar-refractivity contribution is 0.583. The molecule has 0 amide bonds. The first-order valence-corrected chi connectivity index (χ1v) is 9.04. The van der Waals surface area contributed by atoms with E-state index in [1.807, 2.05) is 43.3 Å². The molecule has 0 atom stereocenters. The van der Waals surface area contributed by atoms with Crippen LogP contribution >= 0.6 is 27.3 Å². The zero-order valence-electron chi connectivity index (χ0n) is 11.1. The van der Waals surface area contributed by atoms with Gasteiger partial charge in [0, 0.05) is 30.8 Å². The zero-order valence-corrected chi connectivity index (χ0v) is 14.3. The van der Waals surface area contributed by atoms with E-state index in [1.54, 1.807) is 11.4 Å². The van der Waals surface area contributed by atoms with Gasteiger partial charge in [0.15, 0.2) is 0 Å². The van der Waals surface area contributed by atoms with Gasteiger partial charge in [0.1, 0.15) is 4.21 Å². The Morgan fingerprint density at radius 1 is 1.20 bits per heavy atom. The fourth-order valence-corrected chi connectivity index (χ4v) is 5.03. The van der Waals surface area contributed by atoms with Crippen LogP contribution in [-0.2, 0) is 16.6 Å². The molecule has 2 rings (SSSR count). The summed E-state index contributed by atoms with van der Waals surface area (Å²) < 4.78 is 27.8. The van der Waals surface area contributed by atoms with Crippen LogP contribution in [0.15, 0.2) is 44.4 Å². The van der Waals surface area contributed by atoms with Crippen LogP contribution in [0.4, 0.5) is 5.69 Å². The number of halogens is 1. The SMILES string of the molecule is CN(C)c1ccc(CNS(=O)(=O)c2sccc2Br)cc1. The molecular formula is C13H15BrN2O2S2. The molecule has 2 aromatic rings. The van der Waals surface area contributed by atoms with E-state index in [-0.39, 0.29) is 6.54 Å². The van der Waals surface area contributed by atoms with Crippen LogP contribution in [-0.4, -0.2) is 22.5 Å². The Labute approximate surface area is 131 Å². The Morgan fingerprint density at radius 2 is 1.85 bits per heavy atom. The number of hydrogen-bond acceptors (Lipinski definition) is 4. The van der Waals surface area contributed by atoms with Gasteiger partial charge in [0.25, 0.3) is 10.0 Å². The second-order valence-corrected chi connectivity index (χ2v) is 8.17. The van der Waals surface area contributed by atoms with Crippen molar-refractivity contribution < 1.29 is 8.42 Å². The molecule has 0 unspecified atom stereocenters. The summed E-state index contributed by atoms with van der Waals surface area (Å²) >= 11 is 4.43. The van der Waals surface area contributed by atoms with Gasteiger partial charge in [-0.2, -0.15) is 0 Å². The summed E-state index contributed by atoms with van der Waals surface area (Å²) in [5.41, 5.74) is 2.00. The predicted molar refractivity (Wildman–Crippen MR) is 86.8 cm³/mol. The summed E-state index contributed by atoms with van der Waals surface area (Å²) in [4.78, 5) is 2.00. The molecule has 0 radical (unpaired) electrons. The number of benzene rings is 1. The van der Waals surface area contributed by atoms with E-state index >= 15 is 0 Å². The standard InChI is InChI=1S/C13H15BrN2O2S2/c1-16(2)11-5-3-10(4-6-11)9-15-20(17,18)13-12(14)7-8-19-13/h3-8,15H,9H2,1-2H3. The van der Waals surface area contributed by atoms with Gasteiger partial charge in [-0.25, -0.2) is 13.1 Å². The van der Waals surface area contributed by atoms with Gasteiger partial charge in [-0.1, -0.05) is 12.1 Å². The fraction of sp³-hybridized carbons (Fsp3) is 0.231. The highest BCUT2D eigenvalue weighted by molar-refractivity contribution is 9.10. The third-order valence-electron chi connectivity index (χ3n) is 2.75. The van der Waals surface area contributed by atoms with Crippen molar-refractivity contribution in [3.8, 4) is 0 Å². The lowest BCUT2D eigenvalue weighted by Crippen LogP contribution is -2.22. The largest absolute Gasteiger partial charge is 0.378 e. The Kier molecular flexibility index (Phi) is 4.85. The number of nitrogens with one attached hydrogen (secondary N) is 1. The molecule has 20 heavy (non-hydrogen) atoms. The topological polar surface area (TPSA) is 49.4 Å². The minimum atomic E-state index is -3.46. The van der Waals surface area contributed by atoms with Gasteiger partial charge in [0.2, 0.25) is 0 Å². The molecule has 1 aromatic heterocycles. The predicted octanol–water partition coefficient (Wildman–Crippen LogP) is 3.06. The van der Waals surface area contributed by atoms with E-state index < -0.39 is 10.0 Å². The van der Waals surface area contributed by atoms with Gasteiger partial charge >= 0.3 is 0 Å². The van der Waals surface area contributed by atoms with Crippen molar-refractivity contribution in [3.63, 3.8) is 0 Å². The highest BCUT2D eigenvalue weighted by atomic mass is 79.9. The summed E-state index contributed by atoms with van der Waals surface area (Å²) in [7, 11) is 0.468. The lowest BCUT2D eigenvalue weighted by Gasteiger charge is -2.13. The Balaban J connectivity index is 2.07. The first-order chi connectivity index (χ1) is 9.40. The van der Waals surface area contributed by atoms with Gasteiger partial charge < -0.3 is 4.90 Å². The molecular weight excluding hydrogens is 360 g/mol. The van der Waals surface area contributed by atoms with Crippen molar-refractivity contribution in [2.45, 2.75) is 10.8 Å². The van der Waals surface area contributed by atoms with Crippen molar-refractivity contribution >= 4 is 43.0 Å². The molecule has 108 valence electrons. The number of thiophene rings is 1. The second-order valence-electron chi connectivity index (χ2n) is 4.44. The smallest absolute Gasteiger partial charge is 0.251 e. The first-order valence-electron chi connectivity index (χ1n) is 5.89. The summed E-state index contributed by atoms with van der Waals surface area (Å²) in [5, 5.41) is 1.74. The van der Waals surface area contributed by atoms with Gasteiger partial charge in [-0.15, -0.1) is 11.3 Å². The quantitative estimate of drug-likeness (QED) is 0.874. The van der Waals surface area contributed by atoms with E-state index in [9.17, 15) is 8.42 Å². The van der Waals surface area contributed by atoms with Crippen molar-refractivity contribution in [1.82, 2.24) is 4.72 Å². The normalized spacial score (nSPS) is 11.6. The average Bonchev–Trinajstić information content (AvgIpc) is 2.84. The number of hydrogen-bond donors (Lipinski definition) is 1. The maximum absolute atomic E-state index is 12.1. The van der Waals surface area contributed by atoms with Crippen LogP contribution in [0, 0.1) is 0 Å². The van der Waals surface area contributed by atoms with Crippen LogP contribution in [0.2, 0.25) is 0 Å². The third kappa shape index (κ3) is 3.60. The number of nitrogens with zero attached hydrogens (tertiary/aromatic N) is 1. The third-order valence-corrected chi connectivity index (χ3v) is 6.82. The monoisotopic (exact) mass is 374 g/mol. The molecule has 0 aliphatic heterocycles. The Morgan fingerprint density at radius 3 is 2.35 bits per heavy atom. The molecule has 1 heterocycles. The highest BCUT2D eigenvalue weighted by Crippen LogP contribution is 2.27. The molecule has 0 aliphatic carbocycles. The Bertz CT molecular complexity index is 679. The zero-order chi connectivity index (χ0) is 14.8. The van der Waals surface area contributed by atoms with E-state index in [1.165, 1.54) is 11.3 Å². The number of sulfonamides is 1. The summed E-state index contributed by atoms with van der Waals surface area (Å²) in [6.45, 7) is 0.278. The van der Waals surface area contributed by atoms with E-state index in [4.69, 9.17) is 0 Å². The van der Waals surface area contributed by atoms with Crippen molar-refractivity contribution in [2.24, 2.45) is 0 Å². The maximum Gasteiger partial charge on any atom is 0.251 e. The molecule has 1 N–H and O–H groups in total. The average molecular weight is 375 g/mol. The van der Waals surface area contributed by atoms with E-state index in [0.29, 0.717) is 8.68 Å². The van der Waals surface area contributed by atoms with Crippen LogP contribution in [0.25, 0.3) is 0 Å². The minimum absolute atomic E-state index is 0.278. The fourth-order valence-electron chi connectivity index (χ4n) is 1.63. The van der Waals surface area contributed by atoms with Gasteiger partial charge in [-0.05, 0) is 45.1 Å². The van der Waals surface area contributed by atoms with Crippen LogP contribution in [0.5, 0.6) is 0 Å². The van der Waals surface area contributed by atoms with Crippen LogP contribution in [0.1, 0.15) is 5.56 Å². The summed E-state index contributed by atoms with van der Waals surface area (Å²) in [6.07, 6.45) is 0. The molecule has 0 fully saturated rings. The van der Waals surface area contributed by atoms with Crippen LogP contribution < -0.4 is 9.62 Å². The minimum Gasteiger partial charge on any atom is -0.378 e. The Hall–Kier alpha value is -0.890. The van der Waals surface area contributed by atoms with Crippen molar-refractivity contribution in [2.75, 3.05) is 19.0 Å². The molecule has 0 saturated carbocycles. The number of rotatable bonds is 5.